The number of aromatic nitrogens is 1. The molecule has 4 heteroatoms. The minimum Gasteiger partial charge on any atom is -0.497 e. The number of fused-ring (bicyclic) bond motifs is 1. The zero-order valence-corrected chi connectivity index (χ0v) is 11.3. The van der Waals surface area contributed by atoms with E-state index in [9.17, 15) is 4.79 Å². The van der Waals surface area contributed by atoms with Gasteiger partial charge in [0.05, 0.1) is 18.2 Å². The Hall–Kier alpha value is -2.10. The summed E-state index contributed by atoms with van der Waals surface area (Å²) in [6, 6.07) is 7.38. The lowest BCUT2D eigenvalue weighted by molar-refractivity contribution is 0.0954. The van der Waals surface area contributed by atoms with Gasteiger partial charge in [-0.1, -0.05) is 19.4 Å². The van der Waals surface area contributed by atoms with E-state index in [0.717, 1.165) is 18.2 Å². The molecule has 0 unspecified atom stereocenters. The minimum absolute atomic E-state index is 0.101. The molecule has 1 aromatic carbocycles. The largest absolute Gasteiger partial charge is 0.497 e. The van der Waals surface area contributed by atoms with E-state index in [1.165, 1.54) is 0 Å². The predicted molar refractivity (Wildman–Crippen MR) is 75.5 cm³/mol. The molecule has 1 amide bonds. The second-order valence-corrected chi connectivity index (χ2v) is 4.36. The summed E-state index contributed by atoms with van der Waals surface area (Å²) in [5.41, 5.74) is 1.27. The molecule has 100 valence electrons. The van der Waals surface area contributed by atoms with Crippen molar-refractivity contribution in [2.24, 2.45) is 0 Å². The summed E-state index contributed by atoms with van der Waals surface area (Å²) >= 11 is 0. The molecule has 0 aliphatic heterocycles. The average molecular weight is 258 g/mol. The van der Waals surface area contributed by atoms with Gasteiger partial charge in [-0.3, -0.25) is 9.78 Å². The Bertz CT molecular complexity index is 581. The third-order valence-electron chi connectivity index (χ3n) is 2.97. The summed E-state index contributed by atoms with van der Waals surface area (Å²) in [7, 11) is 1.59. The Morgan fingerprint density at radius 1 is 1.42 bits per heavy atom. The van der Waals surface area contributed by atoms with Crippen LogP contribution in [0.3, 0.4) is 0 Å². The number of methoxy groups -OCH3 is 1. The van der Waals surface area contributed by atoms with Gasteiger partial charge in [0.1, 0.15) is 5.75 Å². The molecule has 1 heterocycles. The molecule has 0 atom stereocenters. The number of hydrogen-bond donors (Lipinski definition) is 1. The maximum Gasteiger partial charge on any atom is 0.253 e. The van der Waals surface area contributed by atoms with E-state index in [1.54, 1.807) is 19.4 Å². The van der Waals surface area contributed by atoms with Crippen molar-refractivity contribution in [2.45, 2.75) is 19.8 Å². The van der Waals surface area contributed by atoms with Crippen LogP contribution in [0.5, 0.6) is 5.75 Å². The van der Waals surface area contributed by atoms with Gasteiger partial charge in [0.2, 0.25) is 0 Å². The number of nitrogens with one attached hydrogen (secondary N) is 1. The Morgan fingerprint density at radius 3 is 3.00 bits per heavy atom. The molecule has 1 N–H and O–H groups in total. The first-order chi connectivity index (χ1) is 9.26. The molecule has 0 saturated carbocycles. The van der Waals surface area contributed by atoms with Crippen LogP contribution in [0.4, 0.5) is 0 Å². The van der Waals surface area contributed by atoms with E-state index in [1.807, 2.05) is 18.2 Å². The first-order valence-corrected chi connectivity index (χ1v) is 6.47. The fourth-order valence-corrected chi connectivity index (χ4v) is 1.93. The summed E-state index contributed by atoms with van der Waals surface area (Å²) in [5, 5.41) is 3.81. The number of benzene rings is 1. The fourth-order valence-electron chi connectivity index (χ4n) is 1.93. The van der Waals surface area contributed by atoms with Gasteiger partial charge >= 0.3 is 0 Å². The Kier molecular flexibility index (Phi) is 4.34. The van der Waals surface area contributed by atoms with Gasteiger partial charge in [0, 0.05) is 18.1 Å². The fraction of sp³-hybridized carbons (Fsp3) is 0.333. The van der Waals surface area contributed by atoms with Gasteiger partial charge in [0.15, 0.2) is 0 Å². The second-order valence-electron chi connectivity index (χ2n) is 4.36. The number of carbonyl (C=O) groups is 1. The number of rotatable bonds is 5. The monoisotopic (exact) mass is 258 g/mol. The second kappa shape index (κ2) is 6.18. The molecule has 0 aliphatic rings. The Balaban J connectivity index is 2.37. The highest BCUT2D eigenvalue weighted by molar-refractivity contribution is 6.06. The van der Waals surface area contributed by atoms with Crippen LogP contribution >= 0.6 is 0 Å². The van der Waals surface area contributed by atoms with Gasteiger partial charge < -0.3 is 10.1 Å². The lowest BCUT2D eigenvalue weighted by atomic mass is 10.1. The number of hydrogen-bond acceptors (Lipinski definition) is 3. The van der Waals surface area contributed by atoms with Crippen LogP contribution in [-0.2, 0) is 0 Å². The van der Waals surface area contributed by atoms with Crippen LogP contribution in [-0.4, -0.2) is 24.5 Å². The number of amides is 1. The van der Waals surface area contributed by atoms with Crippen molar-refractivity contribution in [2.75, 3.05) is 13.7 Å². The highest BCUT2D eigenvalue weighted by Crippen LogP contribution is 2.23. The van der Waals surface area contributed by atoms with Crippen molar-refractivity contribution in [3.8, 4) is 5.75 Å². The van der Waals surface area contributed by atoms with Gasteiger partial charge in [-0.15, -0.1) is 0 Å². The van der Waals surface area contributed by atoms with Crippen LogP contribution in [0.15, 0.2) is 30.5 Å². The molecule has 1 aromatic heterocycles. The number of nitrogens with zero attached hydrogens (tertiary/aromatic N) is 1. The van der Waals surface area contributed by atoms with Crippen molar-refractivity contribution in [1.29, 1.82) is 0 Å². The zero-order chi connectivity index (χ0) is 13.7. The Morgan fingerprint density at radius 2 is 2.26 bits per heavy atom. The average Bonchev–Trinajstić information content (AvgIpc) is 2.46. The summed E-state index contributed by atoms with van der Waals surface area (Å²) in [4.78, 5) is 16.5. The molecule has 0 saturated heterocycles. The third kappa shape index (κ3) is 3.02. The molecular formula is C15H18N2O2. The molecule has 0 spiro atoms. The van der Waals surface area contributed by atoms with Crippen LogP contribution in [0.25, 0.3) is 10.9 Å². The van der Waals surface area contributed by atoms with E-state index >= 15 is 0 Å². The maximum atomic E-state index is 12.2. The van der Waals surface area contributed by atoms with Crippen molar-refractivity contribution in [3.63, 3.8) is 0 Å². The Labute approximate surface area is 112 Å². The van der Waals surface area contributed by atoms with Crippen molar-refractivity contribution >= 4 is 16.8 Å². The molecule has 2 rings (SSSR count). The van der Waals surface area contributed by atoms with Gasteiger partial charge in [0.25, 0.3) is 5.91 Å². The topological polar surface area (TPSA) is 51.2 Å². The first kappa shape index (κ1) is 13.3. The van der Waals surface area contributed by atoms with Crippen molar-refractivity contribution in [1.82, 2.24) is 10.3 Å². The molecule has 0 radical (unpaired) electrons. The van der Waals surface area contributed by atoms with Gasteiger partial charge in [-0.25, -0.2) is 0 Å². The van der Waals surface area contributed by atoms with E-state index in [0.29, 0.717) is 23.4 Å². The molecule has 2 aromatic rings. The molecular weight excluding hydrogens is 240 g/mol. The van der Waals surface area contributed by atoms with E-state index in [-0.39, 0.29) is 5.91 Å². The molecule has 19 heavy (non-hydrogen) atoms. The van der Waals surface area contributed by atoms with E-state index in [4.69, 9.17) is 4.74 Å². The lowest BCUT2D eigenvalue weighted by Gasteiger charge is -2.09. The summed E-state index contributed by atoms with van der Waals surface area (Å²) in [6.45, 7) is 2.77. The SMILES string of the molecule is CCCCNC(=O)c1cc(OC)cc2cccnc12. The van der Waals surface area contributed by atoms with Gasteiger partial charge in [-0.2, -0.15) is 0 Å². The maximum absolute atomic E-state index is 12.2. The van der Waals surface area contributed by atoms with Crippen LogP contribution < -0.4 is 10.1 Å². The predicted octanol–water partition coefficient (Wildman–Crippen LogP) is 2.77. The number of carbonyl (C=O) groups excluding carboxylic acids is 1. The van der Waals surface area contributed by atoms with Crippen LogP contribution in [0.1, 0.15) is 30.1 Å². The minimum atomic E-state index is -0.101. The summed E-state index contributed by atoms with van der Waals surface area (Å²) in [6.07, 6.45) is 3.72. The van der Waals surface area contributed by atoms with E-state index in [2.05, 4.69) is 17.2 Å². The zero-order valence-electron chi connectivity index (χ0n) is 11.3. The van der Waals surface area contributed by atoms with E-state index < -0.39 is 0 Å². The van der Waals surface area contributed by atoms with Crippen LogP contribution in [0.2, 0.25) is 0 Å². The summed E-state index contributed by atoms with van der Waals surface area (Å²) in [5.74, 6) is 0.567. The van der Waals surface area contributed by atoms with Gasteiger partial charge in [-0.05, 0) is 24.6 Å². The molecule has 0 bridgehead atoms. The van der Waals surface area contributed by atoms with Crippen molar-refractivity contribution in [3.05, 3.63) is 36.0 Å². The molecule has 0 fully saturated rings. The molecule has 0 aliphatic carbocycles. The normalized spacial score (nSPS) is 10.4. The highest BCUT2D eigenvalue weighted by Gasteiger charge is 2.12. The number of pyridine rings is 1. The number of ether oxygens (including phenoxy) is 1. The number of unbranched alkanes of at least 4 members (excludes halogenated alkanes) is 1. The lowest BCUT2D eigenvalue weighted by Crippen LogP contribution is -2.24. The third-order valence-corrected chi connectivity index (χ3v) is 2.97. The standard InChI is InChI=1S/C15H18N2O2/c1-3-4-7-17-15(18)13-10-12(19-2)9-11-6-5-8-16-14(11)13/h5-6,8-10H,3-4,7H2,1-2H3,(H,17,18). The first-order valence-electron chi connectivity index (χ1n) is 6.47. The van der Waals surface area contributed by atoms with Crippen molar-refractivity contribution < 1.29 is 9.53 Å². The smallest absolute Gasteiger partial charge is 0.253 e. The molecule has 4 nitrogen and oxygen atoms in total. The highest BCUT2D eigenvalue weighted by atomic mass is 16.5. The van der Waals surface area contributed by atoms with Crippen LogP contribution in [0, 0.1) is 0 Å². The quantitative estimate of drug-likeness (QED) is 0.839. The summed E-state index contributed by atoms with van der Waals surface area (Å²) < 4.78 is 5.23.